The first-order valence-corrected chi connectivity index (χ1v) is 6.67. The van der Waals surface area contributed by atoms with Crippen LogP contribution in [-0.4, -0.2) is 39.6 Å². The van der Waals surface area contributed by atoms with E-state index in [2.05, 4.69) is 0 Å². The van der Waals surface area contributed by atoms with Crippen LogP contribution in [0.4, 0.5) is 4.79 Å². The largest absolute Gasteiger partial charge is 0.550 e. The van der Waals surface area contributed by atoms with E-state index >= 15 is 0 Å². The van der Waals surface area contributed by atoms with E-state index in [9.17, 15) is 24.3 Å². The predicted octanol–water partition coefficient (Wildman–Crippen LogP) is 0.0733. The summed E-state index contributed by atoms with van der Waals surface area (Å²) in [5.41, 5.74) is 0.390. The van der Waals surface area contributed by atoms with Crippen LogP contribution < -0.4 is 5.11 Å². The number of hydrogen-bond acceptors (Lipinski definition) is 6. The molecule has 104 valence electrons. The molecule has 20 heavy (non-hydrogen) atoms. The summed E-state index contributed by atoms with van der Waals surface area (Å²) in [6.45, 7) is -0.377. The molecule has 0 unspecified atom stereocenters. The van der Waals surface area contributed by atoms with Crippen molar-refractivity contribution >= 4 is 34.7 Å². The molecule has 7 heteroatoms. The first-order chi connectivity index (χ1) is 9.49. The minimum absolute atomic E-state index is 0.373. The fourth-order valence-electron chi connectivity index (χ4n) is 1.78. The molecule has 1 aliphatic rings. The minimum atomic E-state index is -1.40. The van der Waals surface area contributed by atoms with Crippen molar-refractivity contribution < 1.29 is 24.3 Å². The monoisotopic (exact) mass is 292 g/mol. The van der Waals surface area contributed by atoms with Crippen molar-refractivity contribution in [1.82, 2.24) is 4.90 Å². The first-order valence-electron chi connectivity index (χ1n) is 5.79. The molecular weight excluding hydrogens is 282 g/mol. The number of thioether (sulfide) groups is 1. The maximum Gasteiger partial charge on any atom is 0.289 e. The van der Waals surface area contributed by atoms with Gasteiger partial charge in [0.15, 0.2) is 5.78 Å². The molecule has 0 aliphatic carbocycles. The lowest BCUT2D eigenvalue weighted by Crippen LogP contribution is -2.37. The van der Waals surface area contributed by atoms with Crippen LogP contribution in [0.5, 0.6) is 0 Å². The van der Waals surface area contributed by atoms with Crippen molar-refractivity contribution in [2.75, 3.05) is 6.54 Å². The Balaban J connectivity index is 2.06. The second kappa shape index (κ2) is 5.87. The highest BCUT2D eigenvalue weighted by atomic mass is 32.2. The van der Waals surface area contributed by atoms with Crippen LogP contribution in [0.1, 0.15) is 16.8 Å². The van der Waals surface area contributed by atoms with E-state index in [1.54, 1.807) is 30.3 Å². The van der Waals surface area contributed by atoms with Crippen LogP contribution in [0.15, 0.2) is 30.3 Å². The van der Waals surface area contributed by atoms with Crippen LogP contribution >= 0.6 is 11.8 Å². The van der Waals surface area contributed by atoms with Crippen molar-refractivity contribution in [1.29, 1.82) is 0 Å². The summed E-state index contributed by atoms with van der Waals surface area (Å²) < 4.78 is 0. The molecule has 0 saturated carbocycles. The van der Waals surface area contributed by atoms with Crippen LogP contribution in [-0.2, 0) is 9.59 Å². The van der Waals surface area contributed by atoms with Crippen LogP contribution in [0.25, 0.3) is 0 Å². The first kappa shape index (κ1) is 14.3. The average Bonchev–Trinajstić information content (AvgIpc) is 2.66. The summed E-state index contributed by atoms with van der Waals surface area (Å²) in [7, 11) is 0. The number of carboxylic acids is 1. The standard InChI is InChI=1S/C13H11NO5S/c15-9(8-4-2-1-3-5-8)7-14-12(18)10(6-11(16)17)20-13(14)19/h1-5,10H,6-7H2,(H,16,17)/p-1/t10-/m1/s1. The SMILES string of the molecule is O=C([O-])C[C@H]1SC(=O)N(CC(=O)c2ccccc2)C1=O. The molecule has 0 spiro atoms. The van der Waals surface area contributed by atoms with Crippen LogP contribution in [0.2, 0.25) is 0 Å². The molecule has 1 aliphatic heterocycles. The van der Waals surface area contributed by atoms with E-state index in [-0.39, 0.29) is 12.3 Å². The van der Waals surface area contributed by atoms with Crippen molar-refractivity contribution in [2.45, 2.75) is 11.7 Å². The Bertz CT molecular complexity index is 571. The lowest BCUT2D eigenvalue weighted by molar-refractivity contribution is -0.305. The van der Waals surface area contributed by atoms with Crippen molar-refractivity contribution in [3.8, 4) is 0 Å². The zero-order valence-corrected chi connectivity index (χ0v) is 11.1. The van der Waals surface area contributed by atoms with Crippen molar-refractivity contribution in [2.24, 2.45) is 0 Å². The number of carbonyl (C=O) groups is 4. The molecule has 0 bridgehead atoms. The third kappa shape index (κ3) is 3.05. The van der Waals surface area contributed by atoms with Gasteiger partial charge in [-0.1, -0.05) is 42.1 Å². The number of nitrogens with zero attached hydrogens (tertiary/aromatic N) is 1. The Morgan fingerprint density at radius 2 is 1.85 bits per heavy atom. The number of carbonyl (C=O) groups excluding carboxylic acids is 4. The molecule has 0 N–H and O–H groups in total. The Labute approximate surface area is 118 Å². The van der Waals surface area contributed by atoms with Gasteiger partial charge in [0, 0.05) is 18.0 Å². The highest BCUT2D eigenvalue weighted by molar-refractivity contribution is 8.15. The molecule has 1 aromatic rings. The van der Waals surface area contributed by atoms with Gasteiger partial charge in [-0.2, -0.15) is 0 Å². The molecule has 0 radical (unpaired) electrons. The number of Topliss-reactive ketones (excluding diaryl/α,β-unsaturated/α-hetero) is 1. The second-order valence-corrected chi connectivity index (χ2v) is 5.32. The Kier molecular flexibility index (Phi) is 4.19. The van der Waals surface area contributed by atoms with Gasteiger partial charge in [-0.15, -0.1) is 0 Å². The molecule has 1 fully saturated rings. The van der Waals surface area contributed by atoms with Gasteiger partial charge in [0.25, 0.3) is 5.24 Å². The average molecular weight is 292 g/mol. The number of rotatable bonds is 5. The zero-order valence-electron chi connectivity index (χ0n) is 10.3. The Morgan fingerprint density at radius 3 is 2.45 bits per heavy atom. The van der Waals surface area contributed by atoms with E-state index in [0.717, 1.165) is 4.90 Å². The molecule has 1 heterocycles. The number of hydrogen-bond donors (Lipinski definition) is 0. The van der Waals surface area contributed by atoms with Crippen molar-refractivity contribution in [3.63, 3.8) is 0 Å². The van der Waals surface area contributed by atoms with E-state index in [1.165, 1.54) is 0 Å². The van der Waals surface area contributed by atoms with Crippen LogP contribution in [0.3, 0.4) is 0 Å². The second-order valence-electron chi connectivity index (χ2n) is 4.16. The van der Waals surface area contributed by atoms with Crippen molar-refractivity contribution in [3.05, 3.63) is 35.9 Å². The number of ketones is 1. The normalized spacial score (nSPS) is 18.4. The lowest BCUT2D eigenvalue weighted by Gasteiger charge is -2.13. The van der Waals surface area contributed by atoms with Gasteiger partial charge in [0.05, 0.1) is 11.8 Å². The number of amides is 2. The third-order valence-corrected chi connectivity index (χ3v) is 3.83. The van der Waals surface area contributed by atoms with Gasteiger partial charge in [-0.25, -0.2) is 0 Å². The maximum atomic E-state index is 11.9. The zero-order chi connectivity index (χ0) is 14.7. The molecule has 2 rings (SSSR count). The number of aliphatic carboxylic acids is 1. The fourth-order valence-corrected chi connectivity index (χ4v) is 2.75. The molecule has 2 amide bonds. The molecule has 6 nitrogen and oxygen atoms in total. The third-order valence-electron chi connectivity index (χ3n) is 2.75. The summed E-state index contributed by atoms with van der Waals surface area (Å²) in [5, 5.41) is 8.87. The molecule has 1 atom stereocenters. The summed E-state index contributed by atoms with van der Waals surface area (Å²) in [4.78, 5) is 46.7. The van der Waals surface area contributed by atoms with Gasteiger partial charge in [0.1, 0.15) is 0 Å². The molecule has 0 aromatic heterocycles. The van der Waals surface area contributed by atoms with E-state index < -0.39 is 28.8 Å². The Morgan fingerprint density at radius 1 is 1.20 bits per heavy atom. The lowest BCUT2D eigenvalue weighted by atomic mass is 10.1. The fraction of sp³-hybridized carbons (Fsp3) is 0.231. The van der Waals surface area contributed by atoms with E-state index in [0.29, 0.717) is 17.3 Å². The topological polar surface area (TPSA) is 94.6 Å². The Hall–Kier alpha value is -2.15. The molecule has 1 aromatic carbocycles. The molecule has 1 saturated heterocycles. The number of carboxylic acid groups (broad SMARTS) is 1. The molecular formula is C13H10NO5S-. The number of imide groups is 1. The van der Waals surface area contributed by atoms with Gasteiger partial charge < -0.3 is 9.90 Å². The summed E-state index contributed by atoms with van der Waals surface area (Å²) in [6, 6.07) is 8.26. The van der Waals surface area contributed by atoms with E-state index in [4.69, 9.17) is 0 Å². The van der Waals surface area contributed by atoms with E-state index in [1.807, 2.05) is 0 Å². The quantitative estimate of drug-likeness (QED) is 0.713. The van der Waals surface area contributed by atoms with Gasteiger partial charge >= 0.3 is 0 Å². The maximum absolute atomic E-state index is 11.9. The highest BCUT2D eigenvalue weighted by Crippen LogP contribution is 2.29. The van der Waals surface area contributed by atoms with Gasteiger partial charge in [-0.05, 0) is 0 Å². The highest BCUT2D eigenvalue weighted by Gasteiger charge is 2.40. The summed E-state index contributed by atoms with van der Waals surface area (Å²) in [5.74, 6) is -2.43. The predicted molar refractivity (Wildman–Crippen MR) is 68.9 cm³/mol. The van der Waals surface area contributed by atoms with Crippen LogP contribution in [0, 0.1) is 0 Å². The summed E-state index contributed by atoms with van der Waals surface area (Å²) >= 11 is 0.612. The summed E-state index contributed by atoms with van der Waals surface area (Å²) in [6.07, 6.45) is -0.536. The van der Waals surface area contributed by atoms with Gasteiger partial charge in [0.2, 0.25) is 5.91 Å². The smallest absolute Gasteiger partial charge is 0.289 e. The number of benzene rings is 1. The minimum Gasteiger partial charge on any atom is -0.550 e. The van der Waals surface area contributed by atoms with Gasteiger partial charge in [-0.3, -0.25) is 19.3 Å².